The van der Waals surface area contributed by atoms with Crippen LogP contribution in [0.15, 0.2) is 30.5 Å². The Hall–Kier alpha value is -2.96. The summed E-state index contributed by atoms with van der Waals surface area (Å²) in [7, 11) is 2.46. The zero-order valence-electron chi connectivity index (χ0n) is 11.8. The minimum absolute atomic E-state index is 0.0390. The molecule has 1 heterocycles. The van der Waals surface area contributed by atoms with E-state index in [0.29, 0.717) is 11.1 Å². The summed E-state index contributed by atoms with van der Waals surface area (Å²) in [4.78, 5) is 26.4. The zero-order valence-corrected chi connectivity index (χ0v) is 11.8. The lowest BCUT2D eigenvalue weighted by Crippen LogP contribution is -2.05. The number of rotatable bonds is 4. The lowest BCUT2D eigenvalue weighted by Gasteiger charge is -2.08. The molecule has 0 unspecified atom stereocenters. The van der Waals surface area contributed by atoms with Crippen molar-refractivity contribution in [2.24, 2.45) is 0 Å². The van der Waals surface area contributed by atoms with Crippen LogP contribution in [0.1, 0.15) is 20.7 Å². The van der Waals surface area contributed by atoms with Crippen LogP contribution in [0.5, 0.6) is 5.88 Å². The van der Waals surface area contributed by atoms with Gasteiger partial charge in [-0.05, 0) is 23.8 Å². The van der Waals surface area contributed by atoms with Crippen LogP contribution in [0.25, 0.3) is 11.1 Å². The molecule has 0 amide bonds. The number of hydrogen-bond donors (Lipinski definition) is 1. The van der Waals surface area contributed by atoms with Gasteiger partial charge in [0.15, 0.2) is 0 Å². The van der Waals surface area contributed by atoms with Crippen LogP contribution in [-0.4, -0.2) is 36.2 Å². The van der Waals surface area contributed by atoms with Crippen LogP contribution in [0, 0.1) is 5.82 Å². The molecule has 0 saturated carbocycles. The Morgan fingerprint density at radius 1 is 1.14 bits per heavy atom. The first kappa shape index (κ1) is 15.4. The minimum atomic E-state index is -1.21. The predicted octanol–water partition coefficient (Wildman–Crippen LogP) is 2.38. The van der Waals surface area contributed by atoms with Crippen molar-refractivity contribution in [1.29, 1.82) is 0 Å². The van der Waals surface area contributed by atoms with Gasteiger partial charge in [0.25, 0.3) is 0 Å². The molecule has 2 aromatic rings. The molecule has 1 N–H and O–H groups in total. The molecule has 114 valence electrons. The van der Waals surface area contributed by atoms with Crippen LogP contribution >= 0.6 is 0 Å². The summed E-state index contributed by atoms with van der Waals surface area (Å²) in [6, 6.07) is 5.17. The van der Waals surface area contributed by atoms with E-state index in [9.17, 15) is 14.0 Å². The molecule has 22 heavy (non-hydrogen) atoms. The lowest BCUT2D eigenvalue weighted by molar-refractivity contribution is 0.0594. The Balaban J connectivity index is 2.48. The molecule has 0 spiro atoms. The lowest BCUT2D eigenvalue weighted by atomic mass is 10.0. The highest BCUT2D eigenvalue weighted by Gasteiger charge is 2.16. The normalized spacial score (nSPS) is 10.1. The summed E-state index contributed by atoms with van der Waals surface area (Å²) in [6.07, 6.45) is 1.36. The van der Waals surface area contributed by atoms with Gasteiger partial charge in [-0.25, -0.2) is 19.0 Å². The number of methoxy groups -OCH3 is 2. The molecule has 0 fully saturated rings. The molecule has 0 aliphatic heterocycles. The van der Waals surface area contributed by atoms with E-state index in [4.69, 9.17) is 9.84 Å². The number of aromatic nitrogens is 1. The molecule has 1 aromatic heterocycles. The average Bonchev–Trinajstić information content (AvgIpc) is 2.53. The number of carbonyl (C=O) groups excluding carboxylic acids is 1. The molecule has 2 rings (SSSR count). The third-order valence-corrected chi connectivity index (χ3v) is 2.98. The number of halogens is 1. The van der Waals surface area contributed by atoms with Crippen molar-refractivity contribution in [1.82, 2.24) is 4.98 Å². The van der Waals surface area contributed by atoms with Crippen molar-refractivity contribution in [3.8, 4) is 17.0 Å². The topological polar surface area (TPSA) is 85.7 Å². The van der Waals surface area contributed by atoms with E-state index in [1.807, 2.05) is 0 Å². The van der Waals surface area contributed by atoms with Crippen molar-refractivity contribution in [2.75, 3.05) is 14.2 Å². The zero-order chi connectivity index (χ0) is 16.3. The van der Waals surface area contributed by atoms with Crippen LogP contribution in [-0.2, 0) is 4.74 Å². The largest absolute Gasteiger partial charge is 0.480 e. The van der Waals surface area contributed by atoms with Crippen molar-refractivity contribution in [3.05, 3.63) is 47.4 Å². The number of pyridine rings is 1. The molecular weight excluding hydrogens is 293 g/mol. The van der Waals surface area contributed by atoms with Gasteiger partial charge in [0.2, 0.25) is 5.88 Å². The van der Waals surface area contributed by atoms with Crippen molar-refractivity contribution >= 4 is 11.9 Å². The third-order valence-electron chi connectivity index (χ3n) is 2.98. The van der Waals surface area contributed by atoms with E-state index in [0.717, 1.165) is 13.2 Å². The first-order chi connectivity index (χ1) is 10.5. The predicted molar refractivity (Wildman–Crippen MR) is 74.5 cm³/mol. The van der Waals surface area contributed by atoms with Gasteiger partial charge in [-0.15, -0.1) is 0 Å². The second kappa shape index (κ2) is 6.21. The van der Waals surface area contributed by atoms with Crippen LogP contribution < -0.4 is 4.74 Å². The Kier molecular flexibility index (Phi) is 4.36. The van der Waals surface area contributed by atoms with Gasteiger partial charge in [0.05, 0.1) is 19.8 Å². The first-order valence-corrected chi connectivity index (χ1v) is 6.13. The van der Waals surface area contributed by atoms with E-state index in [2.05, 4.69) is 9.72 Å². The van der Waals surface area contributed by atoms with Crippen LogP contribution in [0.3, 0.4) is 0 Å². The highest BCUT2D eigenvalue weighted by atomic mass is 19.1. The second-order valence-corrected chi connectivity index (χ2v) is 4.27. The standard InChI is InChI=1S/C15H12FNO5/c1-21-13-11(14(18)19)5-9(7-17-13)8-3-4-10(12(16)6-8)15(20)22-2/h3-7H,1-2H3,(H,18,19). The highest BCUT2D eigenvalue weighted by molar-refractivity contribution is 5.92. The van der Waals surface area contributed by atoms with E-state index < -0.39 is 17.8 Å². The van der Waals surface area contributed by atoms with Crippen LogP contribution in [0.4, 0.5) is 4.39 Å². The quantitative estimate of drug-likeness (QED) is 0.873. The Morgan fingerprint density at radius 2 is 1.86 bits per heavy atom. The van der Waals surface area contributed by atoms with Gasteiger partial charge in [-0.1, -0.05) is 6.07 Å². The molecule has 6 nitrogen and oxygen atoms in total. The molecule has 1 aromatic carbocycles. The Labute approximate surface area is 125 Å². The molecular formula is C15H12FNO5. The maximum Gasteiger partial charge on any atom is 0.341 e. The summed E-state index contributed by atoms with van der Waals surface area (Å²) >= 11 is 0. The van der Waals surface area contributed by atoms with Gasteiger partial charge in [0.1, 0.15) is 11.4 Å². The third kappa shape index (κ3) is 2.88. The molecule has 7 heteroatoms. The number of hydrogen-bond acceptors (Lipinski definition) is 5. The minimum Gasteiger partial charge on any atom is -0.480 e. The molecule has 0 aliphatic rings. The fourth-order valence-electron chi connectivity index (χ4n) is 1.90. The van der Waals surface area contributed by atoms with Gasteiger partial charge >= 0.3 is 11.9 Å². The monoisotopic (exact) mass is 305 g/mol. The Bertz CT molecular complexity index is 745. The summed E-state index contributed by atoms with van der Waals surface area (Å²) in [6.45, 7) is 0. The highest BCUT2D eigenvalue weighted by Crippen LogP contribution is 2.26. The number of esters is 1. The summed E-state index contributed by atoms with van der Waals surface area (Å²) in [5.74, 6) is -2.80. The molecule has 0 aliphatic carbocycles. The van der Waals surface area contributed by atoms with Gasteiger partial charge in [-0.3, -0.25) is 0 Å². The molecule has 0 saturated heterocycles. The van der Waals surface area contributed by atoms with Gasteiger partial charge in [0, 0.05) is 11.8 Å². The van der Waals surface area contributed by atoms with E-state index in [1.165, 1.54) is 31.5 Å². The SMILES string of the molecule is COC(=O)c1ccc(-c2cnc(OC)c(C(=O)O)c2)cc1F. The summed E-state index contributed by atoms with van der Waals surface area (Å²) in [5, 5.41) is 9.12. The van der Waals surface area contributed by atoms with E-state index >= 15 is 0 Å². The van der Waals surface area contributed by atoms with E-state index in [-0.39, 0.29) is 17.0 Å². The van der Waals surface area contributed by atoms with Crippen molar-refractivity contribution in [3.63, 3.8) is 0 Å². The number of carboxylic acids is 1. The number of carbonyl (C=O) groups is 2. The first-order valence-electron chi connectivity index (χ1n) is 6.13. The Morgan fingerprint density at radius 3 is 2.41 bits per heavy atom. The fraction of sp³-hybridized carbons (Fsp3) is 0.133. The second-order valence-electron chi connectivity index (χ2n) is 4.27. The maximum absolute atomic E-state index is 13.9. The summed E-state index contributed by atoms with van der Waals surface area (Å²) < 4.78 is 23.2. The number of carboxylic acid groups (broad SMARTS) is 1. The number of benzene rings is 1. The molecule has 0 radical (unpaired) electrons. The molecule has 0 atom stereocenters. The fourth-order valence-corrected chi connectivity index (χ4v) is 1.90. The number of ether oxygens (including phenoxy) is 2. The number of aromatic carboxylic acids is 1. The number of nitrogens with zero attached hydrogens (tertiary/aromatic N) is 1. The van der Waals surface area contributed by atoms with Crippen molar-refractivity contribution in [2.45, 2.75) is 0 Å². The average molecular weight is 305 g/mol. The molecule has 0 bridgehead atoms. The van der Waals surface area contributed by atoms with Gasteiger partial charge in [-0.2, -0.15) is 0 Å². The maximum atomic E-state index is 13.9. The smallest absolute Gasteiger partial charge is 0.341 e. The summed E-state index contributed by atoms with van der Waals surface area (Å²) in [5.41, 5.74) is 0.417. The van der Waals surface area contributed by atoms with Gasteiger partial charge < -0.3 is 14.6 Å². The van der Waals surface area contributed by atoms with Crippen LogP contribution in [0.2, 0.25) is 0 Å². The van der Waals surface area contributed by atoms with Crippen molar-refractivity contribution < 1.29 is 28.6 Å². The van der Waals surface area contributed by atoms with E-state index in [1.54, 1.807) is 0 Å².